The second-order valence-corrected chi connectivity index (χ2v) is 14.7. The van der Waals surface area contributed by atoms with E-state index in [-0.39, 0.29) is 0 Å². The summed E-state index contributed by atoms with van der Waals surface area (Å²) in [4.78, 5) is 4.36. The van der Waals surface area contributed by atoms with Crippen LogP contribution < -0.4 is 0 Å². The minimum absolute atomic E-state index is 0.903. The van der Waals surface area contributed by atoms with Gasteiger partial charge >= 0.3 is 0 Å². The first-order chi connectivity index (χ1) is 27.1. The van der Waals surface area contributed by atoms with Crippen LogP contribution in [0.25, 0.3) is 77.3 Å². The van der Waals surface area contributed by atoms with Crippen molar-refractivity contribution >= 4 is 67.2 Å². The van der Waals surface area contributed by atoms with Gasteiger partial charge in [-0.1, -0.05) is 79.9 Å². The lowest BCUT2D eigenvalue weighted by Crippen LogP contribution is -2.16. The van der Waals surface area contributed by atoms with Gasteiger partial charge in [0.15, 0.2) is 0 Å². The van der Waals surface area contributed by atoms with Crippen molar-refractivity contribution in [1.82, 2.24) is 9.13 Å². The quantitative estimate of drug-likeness (QED) is 0.121. The van der Waals surface area contributed by atoms with Crippen molar-refractivity contribution in [3.05, 3.63) is 180 Å². The molecule has 4 nitrogen and oxygen atoms in total. The molecule has 0 saturated carbocycles. The van der Waals surface area contributed by atoms with Crippen LogP contribution in [0.2, 0.25) is 0 Å². The fraction of sp³-hybridized carbons (Fsp3) is 0.0980. The normalized spacial score (nSPS) is 13.8. The number of nitrogens with zero attached hydrogens (tertiary/aromatic N) is 3. The Balaban J connectivity index is 1.29. The zero-order valence-electron chi connectivity index (χ0n) is 30.9. The lowest BCUT2D eigenvalue weighted by Gasteiger charge is -2.31. The molecule has 2 aliphatic rings. The van der Waals surface area contributed by atoms with Crippen LogP contribution in [0.3, 0.4) is 0 Å². The van der Waals surface area contributed by atoms with Crippen molar-refractivity contribution in [2.75, 3.05) is 7.05 Å². The van der Waals surface area contributed by atoms with Crippen molar-refractivity contribution < 1.29 is 0 Å². The molecule has 0 spiro atoms. The Labute approximate surface area is 320 Å². The number of aryl methyl sites for hydroxylation is 4. The van der Waals surface area contributed by atoms with E-state index < -0.39 is 0 Å². The predicted molar refractivity (Wildman–Crippen MR) is 235 cm³/mol. The van der Waals surface area contributed by atoms with Gasteiger partial charge in [0, 0.05) is 52.4 Å². The van der Waals surface area contributed by atoms with E-state index in [2.05, 4.69) is 136 Å². The molecule has 55 heavy (non-hydrogen) atoms. The van der Waals surface area contributed by atoms with Crippen molar-refractivity contribution in [3.63, 3.8) is 0 Å². The summed E-state index contributed by atoms with van der Waals surface area (Å²) in [6, 6.07) is 40.3. The van der Waals surface area contributed by atoms with Gasteiger partial charge in [-0.2, -0.15) is 0 Å². The zero-order valence-corrected chi connectivity index (χ0v) is 30.9. The van der Waals surface area contributed by atoms with Crippen LogP contribution in [0.15, 0.2) is 152 Å². The Hall–Kier alpha value is -6.78. The molecule has 0 saturated heterocycles. The van der Waals surface area contributed by atoms with E-state index in [1.807, 2.05) is 31.5 Å². The topological polar surface area (TPSA) is 46.1 Å². The minimum Gasteiger partial charge on any atom is -0.309 e. The molecule has 6 aromatic carbocycles. The summed E-state index contributed by atoms with van der Waals surface area (Å²) in [5.74, 6) is 0. The lowest BCUT2D eigenvalue weighted by atomic mass is 9.74. The third-order valence-electron chi connectivity index (χ3n) is 11.7. The summed E-state index contributed by atoms with van der Waals surface area (Å²) in [5.41, 5.74) is 20.2. The first-order valence-corrected chi connectivity index (χ1v) is 19.1. The molecule has 0 atom stereocenters. The molecular formula is C51H40N4. The monoisotopic (exact) mass is 708 g/mol. The fourth-order valence-electron chi connectivity index (χ4n) is 9.47. The number of benzene rings is 6. The number of aliphatic imine (C=N–C) groups is 1. The predicted octanol–water partition coefficient (Wildman–Crippen LogP) is 12.2. The number of allylic oxidation sites excluding steroid dienone is 6. The maximum atomic E-state index is 7.50. The first kappa shape index (κ1) is 32.8. The van der Waals surface area contributed by atoms with Gasteiger partial charge in [-0.25, -0.2) is 0 Å². The smallest absolute Gasteiger partial charge is 0.0579 e. The standard InChI is InChI=1S/C51H40N4/c1-4-12-37(31-53-3)34-21-25-47-43(28-34)45-30-36-19-18-35-29-44-42-27-33(32(2)13-11-26-52)20-24-46(42)54(38-14-7-5-8-15-38)50(44)40-22-23-41(49(36)48(35)40)51(45)55(47)39-16-9-6-10-17-39/h4-17,20-21,24-31,52H,1-2,18-19,22-23H2,3H3/b13-11-,37-12+,52-26?,53-31?. The van der Waals surface area contributed by atoms with Crippen molar-refractivity contribution in [3.8, 4) is 22.5 Å². The highest BCUT2D eigenvalue weighted by molar-refractivity contribution is 6.18. The van der Waals surface area contributed by atoms with Gasteiger partial charge in [-0.15, -0.1) is 0 Å². The van der Waals surface area contributed by atoms with E-state index in [4.69, 9.17) is 5.41 Å². The molecule has 264 valence electrons. The van der Waals surface area contributed by atoms with Crippen LogP contribution in [0.4, 0.5) is 0 Å². The third-order valence-corrected chi connectivity index (χ3v) is 11.7. The van der Waals surface area contributed by atoms with Crippen LogP contribution in [-0.4, -0.2) is 28.6 Å². The van der Waals surface area contributed by atoms with E-state index in [1.54, 1.807) is 6.08 Å². The summed E-state index contributed by atoms with van der Waals surface area (Å²) in [5, 5.41) is 12.6. The second kappa shape index (κ2) is 13.0. The van der Waals surface area contributed by atoms with Crippen LogP contribution in [0.5, 0.6) is 0 Å². The Morgan fingerprint density at radius 3 is 1.69 bits per heavy atom. The number of fused-ring (bicyclic) bond motifs is 8. The molecule has 2 aromatic heterocycles. The van der Waals surface area contributed by atoms with Crippen LogP contribution in [0, 0.1) is 5.41 Å². The molecule has 2 aliphatic carbocycles. The van der Waals surface area contributed by atoms with Gasteiger partial charge in [-0.05, 0) is 148 Å². The fourth-order valence-corrected chi connectivity index (χ4v) is 9.47. The van der Waals surface area contributed by atoms with Crippen molar-refractivity contribution in [2.45, 2.75) is 25.7 Å². The molecule has 0 fully saturated rings. The molecule has 0 amide bonds. The molecule has 0 radical (unpaired) electrons. The number of rotatable bonds is 8. The molecule has 0 unspecified atom stereocenters. The first-order valence-electron chi connectivity index (χ1n) is 19.1. The van der Waals surface area contributed by atoms with E-state index in [0.29, 0.717) is 0 Å². The van der Waals surface area contributed by atoms with E-state index in [0.717, 1.165) is 48.0 Å². The maximum Gasteiger partial charge on any atom is 0.0579 e. The summed E-state index contributed by atoms with van der Waals surface area (Å²) in [6.07, 6.45) is 14.7. The molecule has 2 heterocycles. The summed E-state index contributed by atoms with van der Waals surface area (Å²) in [7, 11) is 1.82. The van der Waals surface area contributed by atoms with Gasteiger partial charge < -0.3 is 14.5 Å². The van der Waals surface area contributed by atoms with Gasteiger partial charge in [0.2, 0.25) is 0 Å². The summed E-state index contributed by atoms with van der Waals surface area (Å²) in [6.45, 7) is 8.32. The van der Waals surface area contributed by atoms with Gasteiger partial charge in [0.25, 0.3) is 0 Å². The highest BCUT2D eigenvalue weighted by Gasteiger charge is 2.33. The number of hydrogen-bond donors (Lipinski definition) is 1. The van der Waals surface area contributed by atoms with E-state index in [1.165, 1.54) is 94.6 Å². The third kappa shape index (κ3) is 4.98. The number of nitrogens with one attached hydrogen (secondary N) is 1. The highest BCUT2D eigenvalue weighted by atomic mass is 15.0. The lowest BCUT2D eigenvalue weighted by molar-refractivity contribution is 0.883. The molecule has 10 rings (SSSR count). The Morgan fingerprint density at radius 1 is 0.655 bits per heavy atom. The van der Waals surface area contributed by atoms with Crippen molar-refractivity contribution in [2.24, 2.45) is 4.99 Å². The summed E-state index contributed by atoms with van der Waals surface area (Å²) < 4.78 is 5.00. The van der Waals surface area contributed by atoms with Crippen LogP contribution in [-0.2, 0) is 25.7 Å². The SMILES string of the molecule is C=C/C=C(\C=NC)c1ccc2c(c1)c1cc3c4c(c1n2-c1ccccc1)CCc1c-4c(cc2c4cc(C(=C)/C=C\C=N)ccc4n(-c4ccccc4)c12)CC3. The number of hydrogen-bond acceptors (Lipinski definition) is 2. The molecule has 0 aliphatic heterocycles. The van der Waals surface area contributed by atoms with Crippen molar-refractivity contribution in [1.29, 1.82) is 5.41 Å². The Kier molecular flexibility index (Phi) is 7.74. The van der Waals surface area contributed by atoms with Crippen LogP contribution >= 0.6 is 0 Å². The molecule has 0 bridgehead atoms. The summed E-state index contributed by atoms with van der Waals surface area (Å²) >= 11 is 0. The average Bonchev–Trinajstić information content (AvgIpc) is 3.74. The highest BCUT2D eigenvalue weighted by Crippen LogP contribution is 2.51. The number of para-hydroxylation sites is 2. The second-order valence-electron chi connectivity index (χ2n) is 14.7. The van der Waals surface area contributed by atoms with E-state index >= 15 is 0 Å². The number of aromatic nitrogens is 2. The minimum atomic E-state index is 0.903. The molecular weight excluding hydrogens is 669 g/mol. The zero-order chi connectivity index (χ0) is 37.2. The maximum absolute atomic E-state index is 7.50. The van der Waals surface area contributed by atoms with E-state index in [9.17, 15) is 0 Å². The van der Waals surface area contributed by atoms with Gasteiger partial charge in [0.05, 0.1) is 22.1 Å². The van der Waals surface area contributed by atoms with Crippen LogP contribution in [0.1, 0.15) is 33.4 Å². The molecule has 8 aromatic rings. The molecule has 1 N–H and O–H groups in total. The van der Waals surface area contributed by atoms with Gasteiger partial charge in [0.1, 0.15) is 0 Å². The average molecular weight is 709 g/mol. The largest absolute Gasteiger partial charge is 0.309 e. The molecule has 4 heteroatoms. The Morgan fingerprint density at radius 2 is 1.18 bits per heavy atom. The Bertz CT molecular complexity index is 3020. The van der Waals surface area contributed by atoms with Gasteiger partial charge in [-0.3, -0.25) is 4.99 Å².